The van der Waals surface area contributed by atoms with E-state index in [9.17, 15) is 9.59 Å². The minimum atomic E-state index is -0.683. The first-order chi connectivity index (χ1) is 13.3. The Kier molecular flexibility index (Phi) is 6.55. The van der Waals surface area contributed by atoms with Crippen molar-refractivity contribution in [2.24, 2.45) is 0 Å². The molecule has 0 saturated carbocycles. The molecule has 1 aliphatic rings. The molecule has 1 aromatic rings. The van der Waals surface area contributed by atoms with Crippen molar-refractivity contribution < 1.29 is 19.1 Å². The molecule has 0 unspecified atom stereocenters. The summed E-state index contributed by atoms with van der Waals surface area (Å²) in [4.78, 5) is 26.9. The number of carbonyl (C=O) groups excluding carboxylic acids is 2. The van der Waals surface area contributed by atoms with Gasteiger partial charge in [-0.3, -0.25) is 0 Å². The zero-order valence-corrected chi connectivity index (χ0v) is 19.1. The maximum absolute atomic E-state index is 12.7. The third kappa shape index (κ3) is 5.64. The highest BCUT2D eigenvalue weighted by Gasteiger charge is 2.51. The van der Waals surface area contributed by atoms with Crippen LogP contribution in [0.4, 0.5) is 9.59 Å². The number of aryl methyl sites for hydroxylation is 2. The van der Waals surface area contributed by atoms with E-state index in [1.165, 1.54) is 11.1 Å². The molecule has 2 amide bonds. The molecule has 6 heteroatoms. The predicted octanol–water partition coefficient (Wildman–Crippen LogP) is 4.78. The van der Waals surface area contributed by atoms with Crippen LogP contribution in [0.25, 0.3) is 0 Å². The first-order valence-electron chi connectivity index (χ1n) is 10.4. The molecule has 1 aliphatic heterocycles. The van der Waals surface area contributed by atoms with Crippen LogP contribution < -0.4 is 5.32 Å². The third-order valence-electron chi connectivity index (χ3n) is 4.79. The maximum Gasteiger partial charge on any atom is 0.410 e. The van der Waals surface area contributed by atoms with Crippen molar-refractivity contribution in [1.29, 1.82) is 0 Å². The number of ether oxygens (including phenoxy) is 2. The zero-order chi connectivity index (χ0) is 22.0. The standard InChI is InChI=1S/C23H36N2O4/c1-9-16-12-11-13-17(10-2)18(16)23(24-19(26)28-21(3,4)5)14-25(15-23)20(27)29-22(6,7)8/h11-13H,9-10,14-15H2,1-8H3,(H,24,26). The van der Waals surface area contributed by atoms with Gasteiger partial charge in [0.05, 0.1) is 13.1 Å². The fourth-order valence-corrected chi connectivity index (χ4v) is 3.72. The molecule has 162 valence electrons. The van der Waals surface area contributed by atoms with Crippen LogP contribution in [0, 0.1) is 0 Å². The Bertz CT molecular complexity index is 731. The van der Waals surface area contributed by atoms with Crippen LogP contribution in [0.15, 0.2) is 18.2 Å². The average Bonchev–Trinajstić information content (AvgIpc) is 2.53. The zero-order valence-electron chi connectivity index (χ0n) is 19.1. The number of hydrogen-bond acceptors (Lipinski definition) is 4. The minimum absolute atomic E-state index is 0.352. The Labute approximate surface area is 174 Å². The average molecular weight is 405 g/mol. The summed E-state index contributed by atoms with van der Waals surface area (Å²) in [5.74, 6) is 0. The van der Waals surface area contributed by atoms with E-state index in [4.69, 9.17) is 9.47 Å². The van der Waals surface area contributed by atoms with E-state index >= 15 is 0 Å². The van der Waals surface area contributed by atoms with Crippen LogP contribution >= 0.6 is 0 Å². The van der Waals surface area contributed by atoms with Crippen LogP contribution in [0.2, 0.25) is 0 Å². The van der Waals surface area contributed by atoms with Crippen molar-refractivity contribution >= 4 is 12.2 Å². The van der Waals surface area contributed by atoms with Gasteiger partial charge in [0.1, 0.15) is 16.7 Å². The van der Waals surface area contributed by atoms with E-state index in [2.05, 4.69) is 31.3 Å². The highest BCUT2D eigenvalue weighted by atomic mass is 16.6. The molecule has 2 rings (SSSR count). The lowest BCUT2D eigenvalue weighted by Gasteiger charge is -2.51. The third-order valence-corrected chi connectivity index (χ3v) is 4.79. The van der Waals surface area contributed by atoms with Gasteiger partial charge in [-0.1, -0.05) is 32.0 Å². The molecule has 1 N–H and O–H groups in total. The Morgan fingerprint density at radius 2 is 1.45 bits per heavy atom. The fraction of sp³-hybridized carbons (Fsp3) is 0.652. The summed E-state index contributed by atoms with van der Waals surface area (Å²) in [6, 6.07) is 6.22. The van der Waals surface area contributed by atoms with E-state index in [-0.39, 0.29) is 6.09 Å². The predicted molar refractivity (Wildman–Crippen MR) is 114 cm³/mol. The Hall–Kier alpha value is -2.24. The van der Waals surface area contributed by atoms with E-state index in [1.807, 2.05) is 47.6 Å². The summed E-state index contributed by atoms with van der Waals surface area (Å²) in [5.41, 5.74) is 1.59. The molecule has 6 nitrogen and oxygen atoms in total. The lowest BCUT2D eigenvalue weighted by atomic mass is 9.76. The first kappa shape index (κ1) is 23.0. The molecule has 0 aliphatic carbocycles. The smallest absolute Gasteiger partial charge is 0.410 e. The van der Waals surface area contributed by atoms with Crippen LogP contribution in [0.1, 0.15) is 72.1 Å². The van der Waals surface area contributed by atoms with Crippen LogP contribution in [0.5, 0.6) is 0 Å². The number of alkyl carbamates (subject to hydrolysis) is 1. The summed E-state index contributed by atoms with van der Waals surface area (Å²) in [7, 11) is 0. The molecule has 0 spiro atoms. The van der Waals surface area contributed by atoms with Gasteiger partial charge >= 0.3 is 12.2 Å². The van der Waals surface area contributed by atoms with Gasteiger partial charge in [0.15, 0.2) is 0 Å². The number of likely N-dealkylation sites (tertiary alicyclic amines) is 1. The second kappa shape index (κ2) is 8.25. The van der Waals surface area contributed by atoms with Gasteiger partial charge in [-0.2, -0.15) is 0 Å². The number of hydrogen-bond donors (Lipinski definition) is 1. The molecule has 1 saturated heterocycles. The van der Waals surface area contributed by atoms with E-state index in [0.717, 1.165) is 18.4 Å². The van der Waals surface area contributed by atoms with Crippen LogP contribution in [0.3, 0.4) is 0 Å². The van der Waals surface area contributed by atoms with Gasteiger partial charge in [-0.05, 0) is 71.1 Å². The molecule has 0 radical (unpaired) electrons. The second-order valence-electron chi connectivity index (χ2n) is 9.70. The monoisotopic (exact) mass is 404 g/mol. The SMILES string of the molecule is CCc1cccc(CC)c1C1(NC(=O)OC(C)(C)C)CN(C(=O)OC(C)(C)C)C1. The maximum atomic E-state index is 12.7. The summed E-state index contributed by atoms with van der Waals surface area (Å²) in [6.07, 6.45) is 0.834. The Balaban J connectivity index is 2.37. The molecule has 29 heavy (non-hydrogen) atoms. The van der Waals surface area contributed by atoms with Gasteiger partial charge in [0, 0.05) is 0 Å². The van der Waals surface area contributed by atoms with Crippen molar-refractivity contribution in [3.8, 4) is 0 Å². The first-order valence-corrected chi connectivity index (χ1v) is 10.4. The van der Waals surface area contributed by atoms with Crippen LogP contribution in [-0.2, 0) is 27.9 Å². The molecule has 0 aromatic heterocycles. The normalized spacial score (nSPS) is 16.1. The van der Waals surface area contributed by atoms with Crippen molar-refractivity contribution in [3.63, 3.8) is 0 Å². The van der Waals surface area contributed by atoms with Gasteiger partial charge in [-0.15, -0.1) is 0 Å². The van der Waals surface area contributed by atoms with Crippen molar-refractivity contribution in [3.05, 3.63) is 34.9 Å². The lowest BCUT2D eigenvalue weighted by Crippen LogP contribution is -2.70. The number of nitrogens with zero attached hydrogens (tertiary/aromatic N) is 1. The Morgan fingerprint density at radius 3 is 1.86 bits per heavy atom. The molecule has 1 aromatic carbocycles. The topological polar surface area (TPSA) is 67.9 Å². The molecule has 1 heterocycles. The fourth-order valence-electron chi connectivity index (χ4n) is 3.72. The molecule has 1 fully saturated rings. The minimum Gasteiger partial charge on any atom is -0.444 e. The summed E-state index contributed by atoms with van der Waals surface area (Å²) >= 11 is 0. The van der Waals surface area contributed by atoms with Crippen molar-refractivity contribution in [1.82, 2.24) is 10.2 Å². The number of nitrogens with one attached hydrogen (secondary N) is 1. The summed E-state index contributed by atoms with van der Waals surface area (Å²) in [6.45, 7) is 16.0. The highest BCUT2D eigenvalue weighted by Crippen LogP contribution is 2.38. The summed E-state index contributed by atoms with van der Waals surface area (Å²) in [5, 5.41) is 3.09. The summed E-state index contributed by atoms with van der Waals surface area (Å²) < 4.78 is 11.0. The van der Waals surface area contributed by atoms with E-state index in [0.29, 0.717) is 13.1 Å². The highest BCUT2D eigenvalue weighted by molar-refractivity contribution is 5.74. The van der Waals surface area contributed by atoms with Crippen LogP contribution in [-0.4, -0.2) is 41.4 Å². The van der Waals surface area contributed by atoms with Crippen molar-refractivity contribution in [2.75, 3.05) is 13.1 Å². The van der Waals surface area contributed by atoms with E-state index in [1.54, 1.807) is 4.90 Å². The van der Waals surface area contributed by atoms with Gasteiger partial charge in [0.2, 0.25) is 0 Å². The number of amides is 2. The number of rotatable bonds is 4. The lowest BCUT2D eigenvalue weighted by molar-refractivity contribution is -0.0233. The van der Waals surface area contributed by atoms with Crippen molar-refractivity contribution in [2.45, 2.75) is 85.0 Å². The molecular formula is C23H36N2O4. The number of carbonyl (C=O) groups is 2. The molecule has 0 atom stereocenters. The van der Waals surface area contributed by atoms with Gasteiger partial charge in [0.25, 0.3) is 0 Å². The van der Waals surface area contributed by atoms with Gasteiger partial charge in [-0.25, -0.2) is 9.59 Å². The molecule has 0 bridgehead atoms. The Morgan fingerprint density at radius 1 is 0.966 bits per heavy atom. The second-order valence-corrected chi connectivity index (χ2v) is 9.70. The molecular weight excluding hydrogens is 368 g/mol. The van der Waals surface area contributed by atoms with Gasteiger partial charge < -0.3 is 19.7 Å². The largest absolute Gasteiger partial charge is 0.444 e. The number of benzene rings is 1. The quantitative estimate of drug-likeness (QED) is 0.784. The van der Waals surface area contributed by atoms with E-state index < -0.39 is 22.8 Å².